The van der Waals surface area contributed by atoms with Gasteiger partial charge in [0.1, 0.15) is 5.75 Å². The topological polar surface area (TPSA) is 62.1 Å². The van der Waals surface area contributed by atoms with Gasteiger partial charge in [0.05, 0.1) is 44.5 Å². The Bertz CT molecular complexity index is 1170. The first-order valence-corrected chi connectivity index (χ1v) is 9.72. The first-order valence-electron chi connectivity index (χ1n) is 8.90. The molecule has 0 aliphatic rings. The molecule has 0 unspecified atom stereocenters. The van der Waals surface area contributed by atoms with Crippen molar-refractivity contribution in [2.24, 2.45) is 4.99 Å². The van der Waals surface area contributed by atoms with E-state index in [-0.39, 0.29) is 18.9 Å². The van der Waals surface area contributed by atoms with E-state index in [0.29, 0.717) is 22.0 Å². The molecule has 0 atom stereocenters. The van der Waals surface area contributed by atoms with E-state index in [9.17, 15) is 4.79 Å². The lowest BCUT2D eigenvalue weighted by Crippen LogP contribution is -2.17. The highest BCUT2D eigenvalue weighted by Crippen LogP contribution is 2.33. The lowest BCUT2D eigenvalue weighted by molar-refractivity contribution is -0.117. The van der Waals surface area contributed by atoms with Crippen LogP contribution in [0.3, 0.4) is 0 Å². The van der Waals surface area contributed by atoms with Crippen molar-refractivity contribution in [3.63, 3.8) is 0 Å². The number of carbonyl (C=O) groups is 1. The number of aryl methyl sites for hydroxylation is 1. The minimum absolute atomic E-state index is 0.141. The Balaban J connectivity index is 2.07. The fourth-order valence-electron chi connectivity index (χ4n) is 3.08. The molecule has 3 rings (SSSR count). The molecule has 1 heterocycles. The van der Waals surface area contributed by atoms with Gasteiger partial charge in [-0.1, -0.05) is 35.0 Å². The third-order valence-electron chi connectivity index (χ3n) is 4.44. The number of hydrogen-bond acceptors (Lipinski definition) is 5. The molecule has 6 nitrogen and oxygen atoms in total. The van der Waals surface area contributed by atoms with Gasteiger partial charge in [-0.3, -0.25) is 4.79 Å². The van der Waals surface area contributed by atoms with E-state index in [2.05, 4.69) is 10.9 Å². The van der Waals surface area contributed by atoms with E-state index >= 15 is 0 Å². The number of methoxy groups -OCH3 is 3. The summed E-state index contributed by atoms with van der Waals surface area (Å²) in [5.41, 5.74) is 2.69. The standard InChI is InChI=1S/C22H22N2O4S/c1-6-9-24-16-12-18(27-4)19(28-5)13-20(16)29-22(24)23-21(25)11-15-10-14(2)7-8-17(15)26-3/h1,7-8,10,12-13H,9,11H2,2-5H3. The summed E-state index contributed by atoms with van der Waals surface area (Å²) in [6.07, 6.45) is 5.69. The molecule has 0 bridgehead atoms. The molecule has 0 saturated carbocycles. The number of fused-ring (bicyclic) bond motifs is 1. The maximum absolute atomic E-state index is 12.7. The Kier molecular flexibility index (Phi) is 6.25. The van der Waals surface area contributed by atoms with E-state index in [4.69, 9.17) is 20.6 Å². The summed E-state index contributed by atoms with van der Waals surface area (Å²) < 4.78 is 18.8. The zero-order valence-corrected chi connectivity index (χ0v) is 17.6. The van der Waals surface area contributed by atoms with Gasteiger partial charge in [-0.05, 0) is 13.0 Å². The molecule has 0 aliphatic heterocycles. The van der Waals surface area contributed by atoms with E-state index in [1.165, 1.54) is 11.3 Å². The Morgan fingerprint density at radius 1 is 1.10 bits per heavy atom. The molecule has 150 valence electrons. The van der Waals surface area contributed by atoms with Gasteiger partial charge in [0.2, 0.25) is 0 Å². The lowest BCUT2D eigenvalue weighted by atomic mass is 10.1. The normalized spacial score (nSPS) is 11.3. The minimum atomic E-state index is -0.273. The predicted molar refractivity (Wildman–Crippen MR) is 114 cm³/mol. The number of rotatable bonds is 6. The van der Waals surface area contributed by atoms with E-state index in [0.717, 1.165) is 21.3 Å². The number of aromatic nitrogens is 1. The largest absolute Gasteiger partial charge is 0.496 e. The molecule has 0 saturated heterocycles. The zero-order valence-electron chi connectivity index (χ0n) is 16.8. The molecule has 29 heavy (non-hydrogen) atoms. The van der Waals surface area contributed by atoms with Crippen molar-refractivity contribution in [3.05, 3.63) is 46.3 Å². The van der Waals surface area contributed by atoms with E-state index < -0.39 is 0 Å². The van der Waals surface area contributed by atoms with Gasteiger partial charge in [0.25, 0.3) is 5.91 Å². The number of carbonyl (C=O) groups excluding carboxylic acids is 1. The van der Waals surface area contributed by atoms with Gasteiger partial charge in [-0.15, -0.1) is 6.42 Å². The summed E-state index contributed by atoms with van der Waals surface area (Å²) in [6, 6.07) is 9.43. The molecule has 1 amide bonds. The Morgan fingerprint density at radius 3 is 2.45 bits per heavy atom. The van der Waals surface area contributed by atoms with Crippen LogP contribution in [-0.2, 0) is 17.8 Å². The van der Waals surface area contributed by atoms with Crippen molar-refractivity contribution in [1.82, 2.24) is 4.57 Å². The fraction of sp³-hybridized carbons (Fsp3) is 0.273. The number of ether oxygens (including phenoxy) is 3. The average molecular weight is 410 g/mol. The molecule has 1 aromatic heterocycles. The number of amides is 1. The molecule has 0 spiro atoms. The summed E-state index contributed by atoms with van der Waals surface area (Å²) in [7, 11) is 4.74. The fourth-order valence-corrected chi connectivity index (χ4v) is 4.14. The number of nitrogens with zero attached hydrogens (tertiary/aromatic N) is 2. The van der Waals surface area contributed by atoms with Crippen LogP contribution in [0.4, 0.5) is 0 Å². The van der Waals surface area contributed by atoms with Crippen LogP contribution in [0, 0.1) is 19.3 Å². The van der Waals surface area contributed by atoms with Gasteiger partial charge >= 0.3 is 0 Å². The summed E-state index contributed by atoms with van der Waals surface area (Å²) in [5.74, 6) is 4.22. The van der Waals surface area contributed by atoms with Crippen LogP contribution in [-0.4, -0.2) is 31.8 Å². The predicted octanol–water partition coefficient (Wildman–Crippen LogP) is 3.34. The monoisotopic (exact) mass is 410 g/mol. The Morgan fingerprint density at radius 2 is 1.79 bits per heavy atom. The molecule has 3 aromatic rings. The van der Waals surface area contributed by atoms with E-state index in [1.807, 2.05) is 41.8 Å². The van der Waals surface area contributed by atoms with Gasteiger partial charge in [-0.25, -0.2) is 0 Å². The summed E-state index contributed by atoms with van der Waals surface area (Å²) in [4.78, 5) is 17.6. The van der Waals surface area contributed by atoms with Crippen molar-refractivity contribution >= 4 is 27.5 Å². The van der Waals surface area contributed by atoms with Gasteiger partial charge in [0.15, 0.2) is 16.3 Å². The van der Waals surface area contributed by atoms with E-state index in [1.54, 1.807) is 21.3 Å². The molecule has 0 fully saturated rings. The minimum Gasteiger partial charge on any atom is -0.496 e. The van der Waals surface area contributed by atoms with Crippen molar-refractivity contribution in [1.29, 1.82) is 0 Å². The maximum atomic E-state index is 12.7. The highest BCUT2D eigenvalue weighted by Gasteiger charge is 2.14. The Labute approximate surface area is 173 Å². The number of benzene rings is 2. The van der Waals surface area contributed by atoms with Gasteiger partial charge in [0, 0.05) is 17.7 Å². The molecular weight excluding hydrogens is 388 g/mol. The summed E-state index contributed by atoms with van der Waals surface area (Å²) in [6.45, 7) is 2.26. The SMILES string of the molecule is C#CCn1c(=NC(=O)Cc2cc(C)ccc2OC)sc2cc(OC)c(OC)cc21. The van der Waals surface area contributed by atoms with Crippen LogP contribution in [0.2, 0.25) is 0 Å². The van der Waals surface area contributed by atoms with Crippen LogP contribution in [0.25, 0.3) is 10.2 Å². The quantitative estimate of drug-likeness (QED) is 0.585. The second-order valence-corrected chi connectivity index (χ2v) is 7.36. The smallest absolute Gasteiger partial charge is 0.252 e. The molecule has 0 aliphatic carbocycles. The molecule has 7 heteroatoms. The van der Waals surface area contributed by atoms with Crippen LogP contribution in [0.5, 0.6) is 17.2 Å². The second-order valence-electron chi connectivity index (χ2n) is 6.35. The molecule has 0 radical (unpaired) electrons. The molecular formula is C22H22N2O4S. The molecule has 2 aromatic carbocycles. The van der Waals surface area contributed by atoms with Crippen LogP contribution < -0.4 is 19.0 Å². The van der Waals surface area contributed by atoms with Crippen LogP contribution in [0.1, 0.15) is 11.1 Å². The lowest BCUT2D eigenvalue weighted by Gasteiger charge is -2.08. The maximum Gasteiger partial charge on any atom is 0.252 e. The van der Waals surface area contributed by atoms with Gasteiger partial charge in [-0.2, -0.15) is 4.99 Å². The number of hydrogen-bond donors (Lipinski definition) is 0. The summed E-state index contributed by atoms with van der Waals surface area (Å²) >= 11 is 1.38. The van der Waals surface area contributed by atoms with Crippen LogP contribution in [0.15, 0.2) is 35.3 Å². The highest BCUT2D eigenvalue weighted by molar-refractivity contribution is 7.16. The summed E-state index contributed by atoms with van der Waals surface area (Å²) in [5, 5.41) is 0. The van der Waals surface area contributed by atoms with Crippen molar-refractivity contribution in [3.8, 4) is 29.6 Å². The first kappa shape index (κ1) is 20.5. The van der Waals surface area contributed by atoms with Gasteiger partial charge < -0.3 is 18.8 Å². The van der Waals surface area contributed by atoms with Crippen molar-refractivity contribution < 1.29 is 19.0 Å². The van der Waals surface area contributed by atoms with Crippen LogP contribution >= 0.6 is 11.3 Å². The Hall–Kier alpha value is -3.24. The highest BCUT2D eigenvalue weighted by atomic mass is 32.1. The third-order valence-corrected chi connectivity index (χ3v) is 5.48. The second kappa shape index (κ2) is 8.84. The average Bonchev–Trinajstić information content (AvgIpc) is 3.03. The van der Waals surface area contributed by atoms with Crippen molar-refractivity contribution in [2.45, 2.75) is 19.9 Å². The molecule has 0 N–H and O–H groups in total. The number of terminal acetylenes is 1. The number of thiazole rings is 1. The zero-order chi connectivity index (χ0) is 21.0. The third kappa shape index (κ3) is 4.28. The van der Waals surface area contributed by atoms with Crippen molar-refractivity contribution in [2.75, 3.05) is 21.3 Å². The first-order chi connectivity index (χ1) is 14.0.